The first-order chi connectivity index (χ1) is 10.2. The summed E-state index contributed by atoms with van der Waals surface area (Å²) in [6.07, 6.45) is 4.45. The van der Waals surface area contributed by atoms with Crippen LogP contribution in [-0.4, -0.2) is 44.7 Å². The van der Waals surface area contributed by atoms with E-state index in [2.05, 4.69) is 17.0 Å². The van der Waals surface area contributed by atoms with Crippen LogP contribution in [0, 0.1) is 5.92 Å². The van der Waals surface area contributed by atoms with Crippen LogP contribution in [0.4, 0.5) is 0 Å². The first-order valence-corrected chi connectivity index (χ1v) is 7.17. The van der Waals surface area contributed by atoms with E-state index in [1.807, 2.05) is 23.1 Å². The van der Waals surface area contributed by atoms with E-state index in [1.165, 1.54) is 0 Å². The Labute approximate surface area is 147 Å². The molecule has 0 aromatic carbocycles. The van der Waals surface area contributed by atoms with Crippen molar-refractivity contribution >= 4 is 30.7 Å². The Morgan fingerprint density at radius 1 is 1.35 bits per heavy atom. The number of hydrogen-bond acceptors (Lipinski definition) is 4. The molecule has 0 saturated carbocycles. The Balaban J connectivity index is 0.00000132. The van der Waals surface area contributed by atoms with E-state index in [-0.39, 0.29) is 36.8 Å². The van der Waals surface area contributed by atoms with Crippen molar-refractivity contribution in [2.45, 2.75) is 19.4 Å². The van der Waals surface area contributed by atoms with Gasteiger partial charge < -0.3 is 10.6 Å². The monoisotopic (exact) mass is 357 g/mol. The van der Waals surface area contributed by atoms with Gasteiger partial charge in [-0.25, -0.2) is 9.67 Å². The van der Waals surface area contributed by atoms with E-state index in [9.17, 15) is 4.79 Å². The summed E-state index contributed by atoms with van der Waals surface area (Å²) >= 11 is 0. The number of likely N-dealkylation sites (tertiary alicyclic amines) is 1. The molecule has 2 unspecified atom stereocenters. The summed E-state index contributed by atoms with van der Waals surface area (Å²) in [5, 5.41) is 4.14. The topological polar surface area (TPSA) is 77.0 Å². The van der Waals surface area contributed by atoms with Gasteiger partial charge in [0.2, 0.25) is 0 Å². The number of halogens is 2. The first-order valence-electron chi connectivity index (χ1n) is 7.17. The maximum absolute atomic E-state index is 12.6. The average Bonchev–Trinajstić information content (AvgIpc) is 3.16. The minimum atomic E-state index is -0.0348. The second-order valence-electron chi connectivity index (χ2n) is 5.48. The van der Waals surface area contributed by atoms with Crippen molar-refractivity contribution in [2.24, 2.45) is 11.7 Å². The van der Waals surface area contributed by atoms with Gasteiger partial charge in [0.1, 0.15) is 5.69 Å². The summed E-state index contributed by atoms with van der Waals surface area (Å²) in [5.41, 5.74) is 6.17. The third-order valence-electron chi connectivity index (χ3n) is 3.95. The van der Waals surface area contributed by atoms with E-state index in [4.69, 9.17) is 5.73 Å². The number of aromatic nitrogens is 3. The van der Waals surface area contributed by atoms with Crippen LogP contribution in [0.15, 0.2) is 36.7 Å². The Bertz CT molecular complexity index is 635. The minimum absolute atomic E-state index is 0. The summed E-state index contributed by atoms with van der Waals surface area (Å²) in [5.74, 6) is 0.999. The smallest absolute Gasteiger partial charge is 0.272 e. The highest BCUT2D eigenvalue weighted by Gasteiger charge is 2.32. The Morgan fingerprint density at radius 2 is 2.13 bits per heavy atom. The summed E-state index contributed by atoms with van der Waals surface area (Å²) in [6.45, 7) is 3.39. The van der Waals surface area contributed by atoms with Gasteiger partial charge in [-0.05, 0) is 44.0 Å². The highest BCUT2D eigenvalue weighted by Crippen LogP contribution is 2.23. The van der Waals surface area contributed by atoms with Crippen molar-refractivity contribution in [3.63, 3.8) is 0 Å². The number of nitrogens with zero attached hydrogens (tertiary/aromatic N) is 4. The summed E-state index contributed by atoms with van der Waals surface area (Å²) in [6, 6.07) is 7.45. The van der Waals surface area contributed by atoms with Crippen molar-refractivity contribution in [3.05, 3.63) is 42.4 Å². The van der Waals surface area contributed by atoms with Crippen LogP contribution >= 0.6 is 24.8 Å². The average molecular weight is 358 g/mol. The molecule has 1 saturated heterocycles. The molecule has 1 amide bonds. The number of carbonyl (C=O) groups excluding carboxylic acids is 1. The predicted octanol–water partition coefficient (Wildman–Crippen LogP) is 1.92. The SMILES string of the molecule is CC1CC(CN)CN1C(=O)c1cccc(-n2cccn2)n1.Cl.Cl. The van der Waals surface area contributed by atoms with Gasteiger partial charge in [-0.1, -0.05) is 6.07 Å². The molecule has 0 bridgehead atoms. The molecular weight excluding hydrogens is 337 g/mol. The highest BCUT2D eigenvalue weighted by atomic mass is 35.5. The highest BCUT2D eigenvalue weighted by molar-refractivity contribution is 5.93. The van der Waals surface area contributed by atoms with E-state index in [1.54, 1.807) is 23.1 Å². The van der Waals surface area contributed by atoms with Crippen LogP contribution < -0.4 is 5.73 Å². The van der Waals surface area contributed by atoms with E-state index < -0.39 is 0 Å². The number of rotatable bonds is 3. The molecule has 1 fully saturated rings. The fraction of sp³-hybridized carbons (Fsp3) is 0.400. The molecule has 0 radical (unpaired) electrons. The molecule has 2 aromatic rings. The molecule has 3 rings (SSSR count). The summed E-state index contributed by atoms with van der Waals surface area (Å²) < 4.78 is 1.65. The van der Waals surface area contributed by atoms with Crippen molar-refractivity contribution < 1.29 is 4.79 Å². The zero-order valence-electron chi connectivity index (χ0n) is 12.8. The van der Waals surface area contributed by atoms with Gasteiger partial charge in [-0.3, -0.25) is 4.79 Å². The standard InChI is InChI=1S/C15H19N5O.2ClH/c1-11-8-12(9-16)10-19(11)15(21)13-4-2-5-14(18-13)20-7-3-6-17-20;;/h2-7,11-12H,8-10,16H2,1H3;2*1H. The van der Waals surface area contributed by atoms with Crippen LogP contribution in [0.2, 0.25) is 0 Å². The minimum Gasteiger partial charge on any atom is -0.334 e. The van der Waals surface area contributed by atoms with Gasteiger partial charge in [0.05, 0.1) is 0 Å². The fourth-order valence-electron chi connectivity index (χ4n) is 2.82. The van der Waals surface area contributed by atoms with Crippen LogP contribution in [0.1, 0.15) is 23.8 Å². The zero-order valence-corrected chi connectivity index (χ0v) is 14.5. The van der Waals surface area contributed by atoms with E-state index in [0.717, 1.165) is 6.42 Å². The molecule has 0 spiro atoms. The van der Waals surface area contributed by atoms with Crippen molar-refractivity contribution in [3.8, 4) is 5.82 Å². The van der Waals surface area contributed by atoms with Gasteiger partial charge in [-0.15, -0.1) is 24.8 Å². The maximum atomic E-state index is 12.6. The molecule has 2 aromatic heterocycles. The van der Waals surface area contributed by atoms with Gasteiger partial charge >= 0.3 is 0 Å². The quantitative estimate of drug-likeness (QED) is 0.910. The normalized spacial score (nSPS) is 19.8. The van der Waals surface area contributed by atoms with Gasteiger partial charge in [0.25, 0.3) is 5.91 Å². The number of amides is 1. The number of hydrogen-bond donors (Lipinski definition) is 1. The molecular formula is C15H21Cl2N5O. The lowest BCUT2D eigenvalue weighted by molar-refractivity contribution is 0.0737. The molecule has 2 N–H and O–H groups in total. The van der Waals surface area contributed by atoms with E-state index in [0.29, 0.717) is 30.5 Å². The molecule has 2 atom stereocenters. The third-order valence-corrected chi connectivity index (χ3v) is 3.95. The van der Waals surface area contributed by atoms with Crippen LogP contribution in [0.3, 0.4) is 0 Å². The van der Waals surface area contributed by atoms with Crippen LogP contribution in [0.25, 0.3) is 5.82 Å². The molecule has 8 heteroatoms. The molecule has 23 heavy (non-hydrogen) atoms. The molecule has 1 aliphatic rings. The largest absolute Gasteiger partial charge is 0.334 e. The Kier molecular flexibility index (Phi) is 7.00. The van der Waals surface area contributed by atoms with Crippen LogP contribution in [0.5, 0.6) is 0 Å². The summed E-state index contributed by atoms with van der Waals surface area (Å²) in [7, 11) is 0. The lowest BCUT2D eigenvalue weighted by Gasteiger charge is -2.21. The molecule has 0 aliphatic carbocycles. The van der Waals surface area contributed by atoms with E-state index >= 15 is 0 Å². The number of nitrogens with two attached hydrogens (primary N) is 1. The Morgan fingerprint density at radius 3 is 2.74 bits per heavy atom. The Hall–Kier alpha value is -1.63. The second kappa shape index (κ2) is 8.29. The fourth-order valence-corrected chi connectivity index (χ4v) is 2.82. The van der Waals surface area contributed by atoms with Gasteiger partial charge in [0.15, 0.2) is 5.82 Å². The van der Waals surface area contributed by atoms with Crippen molar-refractivity contribution in [2.75, 3.05) is 13.1 Å². The van der Waals surface area contributed by atoms with Crippen molar-refractivity contribution in [1.82, 2.24) is 19.7 Å². The van der Waals surface area contributed by atoms with Crippen LogP contribution in [-0.2, 0) is 0 Å². The summed E-state index contributed by atoms with van der Waals surface area (Å²) in [4.78, 5) is 18.9. The van der Waals surface area contributed by atoms with Gasteiger partial charge in [-0.2, -0.15) is 5.10 Å². The molecule has 126 valence electrons. The van der Waals surface area contributed by atoms with Crippen molar-refractivity contribution in [1.29, 1.82) is 0 Å². The lowest BCUT2D eigenvalue weighted by atomic mass is 10.1. The molecule has 6 nitrogen and oxygen atoms in total. The lowest BCUT2D eigenvalue weighted by Crippen LogP contribution is -2.35. The third kappa shape index (κ3) is 4.02. The zero-order chi connectivity index (χ0) is 14.8. The number of pyridine rings is 1. The maximum Gasteiger partial charge on any atom is 0.272 e. The number of carbonyl (C=O) groups is 1. The first kappa shape index (κ1) is 19.4. The molecule has 1 aliphatic heterocycles. The second-order valence-corrected chi connectivity index (χ2v) is 5.48. The van der Waals surface area contributed by atoms with Gasteiger partial charge in [0, 0.05) is 25.0 Å². The molecule has 3 heterocycles. The predicted molar refractivity (Wildman–Crippen MR) is 93.5 cm³/mol.